The van der Waals surface area contributed by atoms with Crippen molar-refractivity contribution >= 4 is 23.7 Å². The van der Waals surface area contributed by atoms with E-state index in [2.05, 4.69) is 12.6 Å². The fourth-order valence-electron chi connectivity index (χ4n) is 2.72. The molecule has 0 aromatic heterocycles. The Balaban J connectivity index is 2.60. The summed E-state index contributed by atoms with van der Waals surface area (Å²) in [5.41, 5.74) is -1.96. The molecule has 4 heteroatoms. The van der Waals surface area contributed by atoms with Crippen LogP contribution in [-0.4, -0.2) is 16.7 Å². The molecule has 1 aliphatic heterocycles. The van der Waals surface area contributed by atoms with Gasteiger partial charge in [-0.2, -0.15) is 0 Å². The summed E-state index contributed by atoms with van der Waals surface area (Å²) in [6, 6.07) is 0. The van der Waals surface area contributed by atoms with Crippen molar-refractivity contribution in [3.05, 3.63) is 0 Å². The molecule has 2 fully saturated rings. The summed E-state index contributed by atoms with van der Waals surface area (Å²) in [7, 11) is 0. The number of thiol groups is 1. The van der Waals surface area contributed by atoms with Gasteiger partial charge >= 0.3 is 5.97 Å². The third-order valence-electron chi connectivity index (χ3n) is 4.43. The van der Waals surface area contributed by atoms with E-state index in [9.17, 15) is 9.59 Å². The van der Waals surface area contributed by atoms with Crippen LogP contribution >= 0.6 is 12.6 Å². The number of esters is 1. The van der Waals surface area contributed by atoms with Crippen molar-refractivity contribution in [1.29, 1.82) is 0 Å². The molecule has 1 heterocycles. The average Bonchev–Trinajstić information content (AvgIpc) is 2.34. The Bertz CT molecular complexity index is 336. The Morgan fingerprint density at radius 2 is 1.93 bits per heavy atom. The second kappa shape index (κ2) is 2.35. The van der Waals surface area contributed by atoms with E-state index in [1.165, 1.54) is 0 Å². The van der Waals surface area contributed by atoms with Gasteiger partial charge in [-0.1, -0.05) is 13.8 Å². The normalized spacial score (nSPS) is 43.9. The number of hydrogen-bond acceptors (Lipinski definition) is 3. The van der Waals surface area contributed by atoms with Gasteiger partial charge in [0, 0.05) is 5.41 Å². The predicted molar refractivity (Wildman–Crippen MR) is 53.9 cm³/mol. The largest absolute Gasteiger partial charge is 0.449 e. The minimum atomic E-state index is -0.984. The van der Waals surface area contributed by atoms with Crippen molar-refractivity contribution in [2.45, 2.75) is 39.2 Å². The zero-order valence-corrected chi connectivity index (χ0v) is 9.48. The van der Waals surface area contributed by atoms with Crippen molar-refractivity contribution in [1.82, 2.24) is 0 Å². The molecule has 0 radical (unpaired) electrons. The molecule has 3 nitrogen and oxygen atoms in total. The van der Waals surface area contributed by atoms with Crippen molar-refractivity contribution in [3.63, 3.8) is 0 Å². The number of ether oxygens (including phenoxy) is 1. The maximum Gasteiger partial charge on any atom is 0.313 e. The molecule has 2 atom stereocenters. The molecule has 0 spiro atoms. The van der Waals surface area contributed by atoms with Crippen LogP contribution in [0.3, 0.4) is 0 Å². The molecule has 0 aromatic rings. The number of fused-ring (bicyclic) bond motifs is 2. The maximum absolute atomic E-state index is 11.7. The van der Waals surface area contributed by atoms with E-state index in [4.69, 9.17) is 4.74 Å². The molecule has 2 unspecified atom stereocenters. The molecule has 1 aliphatic carbocycles. The first-order valence-electron chi connectivity index (χ1n) is 4.75. The van der Waals surface area contributed by atoms with Crippen LogP contribution in [0, 0.1) is 10.8 Å². The van der Waals surface area contributed by atoms with Crippen molar-refractivity contribution < 1.29 is 14.3 Å². The van der Waals surface area contributed by atoms with Crippen LogP contribution in [0.4, 0.5) is 0 Å². The fraction of sp³-hybridized carbons (Fsp3) is 0.800. The van der Waals surface area contributed by atoms with Crippen LogP contribution in [0.5, 0.6) is 0 Å². The van der Waals surface area contributed by atoms with Gasteiger partial charge in [0.15, 0.2) is 5.60 Å². The van der Waals surface area contributed by atoms with Crippen molar-refractivity contribution in [3.8, 4) is 0 Å². The molecule has 2 rings (SSSR count). The second-order valence-corrected chi connectivity index (χ2v) is 5.38. The molecular formula is C10H14O3S. The summed E-state index contributed by atoms with van der Waals surface area (Å²) in [5.74, 6) is -0.254. The number of rotatable bonds is 1. The summed E-state index contributed by atoms with van der Waals surface area (Å²) < 4.78 is 5.26. The predicted octanol–water partition coefficient (Wildman–Crippen LogP) is 1.56. The minimum absolute atomic E-state index is 0.254. The highest BCUT2D eigenvalue weighted by atomic mass is 32.1. The lowest BCUT2D eigenvalue weighted by Gasteiger charge is -2.33. The Morgan fingerprint density at radius 1 is 1.36 bits per heavy atom. The summed E-state index contributed by atoms with van der Waals surface area (Å²) in [6.45, 7) is 5.71. The van der Waals surface area contributed by atoms with Crippen molar-refractivity contribution in [2.75, 3.05) is 0 Å². The highest BCUT2D eigenvalue weighted by molar-refractivity contribution is 7.96. The monoisotopic (exact) mass is 214 g/mol. The standard InChI is InChI=1S/C10H14O3S/c1-8(2)9(3)4-5-10(8,7(12)14)13-6(9)11/h4-5H2,1-3H3,(H,12,14). The van der Waals surface area contributed by atoms with E-state index in [0.29, 0.717) is 12.8 Å². The lowest BCUT2D eigenvalue weighted by Crippen LogP contribution is -2.45. The SMILES string of the molecule is CC12CCC(C(=O)S)(OC1=O)C2(C)C. The summed E-state index contributed by atoms with van der Waals surface area (Å²) in [5, 5.41) is -0.322. The number of hydrogen-bond donors (Lipinski definition) is 1. The van der Waals surface area contributed by atoms with E-state index >= 15 is 0 Å². The first-order chi connectivity index (χ1) is 6.28. The lowest BCUT2D eigenvalue weighted by atomic mass is 9.67. The smallest absolute Gasteiger partial charge is 0.313 e. The third-order valence-corrected chi connectivity index (χ3v) is 4.79. The highest BCUT2D eigenvalue weighted by Gasteiger charge is 2.74. The van der Waals surface area contributed by atoms with Gasteiger partial charge in [0.2, 0.25) is 5.12 Å². The van der Waals surface area contributed by atoms with E-state index < -0.39 is 16.4 Å². The molecule has 2 aliphatic rings. The van der Waals surface area contributed by atoms with E-state index in [1.54, 1.807) is 0 Å². The van der Waals surface area contributed by atoms with Crippen LogP contribution in [0.1, 0.15) is 33.6 Å². The minimum Gasteiger partial charge on any atom is -0.449 e. The van der Waals surface area contributed by atoms with Crippen LogP contribution in [0.2, 0.25) is 0 Å². The van der Waals surface area contributed by atoms with Gasteiger partial charge in [-0.25, -0.2) is 0 Å². The van der Waals surface area contributed by atoms with Gasteiger partial charge in [0.1, 0.15) is 0 Å². The molecule has 78 valence electrons. The molecular weight excluding hydrogens is 200 g/mol. The lowest BCUT2D eigenvalue weighted by molar-refractivity contribution is -0.163. The zero-order chi connectivity index (χ0) is 10.8. The van der Waals surface area contributed by atoms with Gasteiger partial charge in [0.05, 0.1) is 5.41 Å². The molecule has 1 saturated heterocycles. The van der Waals surface area contributed by atoms with Gasteiger partial charge < -0.3 is 4.74 Å². The summed E-state index contributed by atoms with van der Waals surface area (Å²) >= 11 is 3.86. The van der Waals surface area contributed by atoms with E-state index in [1.807, 2.05) is 20.8 Å². The topological polar surface area (TPSA) is 43.4 Å². The molecule has 14 heavy (non-hydrogen) atoms. The van der Waals surface area contributed by atoms with Crippen LogP contribution < -0.4 is 0 Å². The third kappa shape index (κ3) is 0.734. The number of carbonyl (C=O) groups is 2. The van der Waals surface area contributed by atoms with E-state index in [-0.39, 0.29) is 11.1 Å². The molecule has 0 N–H and O–H groups in total. The summed E-state index contributed by atoms with van der Waals surface area (Å²) in [4.78, 5) is 23.2. The summed E-state index contributed by atoms with van der Waals surface area (Å²) in [6.07, 6.45) is 1.32. The van der Waals surface area contributed by atoms with Crippen LogP contribution in [0.25, 0.3) is 0 Å². The molecule has 0 amide bonds. The Morgan fingerprint density at radius 3 is 2.14 bits per heavy atom. The van der Waals surface area contributed by atoms with Crippen molar-refractivity contribution in [2.24, 2.45) is 10.8 Å². The first kappa shape index (κ1) is 10.0. The second-order valence-electron chi connectivity index (χ2n) is 4.98. The number of carbonyl (C=O) groups excluding carboxylic acids is 2. The molecule has 2 bridgehead atoms. The quantitative estimate of drug-likeness (QED) is 0.532. The Hall–Kier alpha value is -0.510. The molecule has 0 aromatic carbocycles. The van der Waals surface area contributed by atoms with Gasteiger partial charge in [-0.15, -0.1) is 12.6 Å². The van der Waals surface area contributed by atoms with Gasteiger partial charge in [-0.05, 0) is 19.8 Å². The van der Waals surface area contributed by atoms with Gasteiger partial charge in [0.25, 0.3) is 0 Å². The molecule has 1 saturated carbocycles. The highest BCUT2D eigenvalue weighted by Crippen LogP contribution is 2.65. The van der Waals surface area contributed by atoms with Crippen LogP contribution in [-0.2, 0) is 14.3 Å². The zero-order valence-electron chi connectivity index (χ0n) is 8.59. The van der Waals surface area contributed by atoms with E-state index in [0.717, 1.165) is 0 Å². The average molecular weight is 214 g/mol. The van der Waals surface area contributed by atoms with Gasteiger partial charge in [-0.3, -0.25) is 9.59 Å². The Labute approximate surface area is 88.6 Å². The van der Waals surface area contributed by atoms with Crippen LogP contribution in [0.15, 0.2) is 0 Å². The first-order valence-corrected chi connectivity index (χ1v) is 5.19. The Kier molecular flexibility index (Phi) is 1.68. The fourth-order valence-corrected chi connectivity index (χ4v) is 3.16. The maximum atomic E-state index is 11.7.